The molecule has 0 aromatic carbocycles. The highest BCUT2D eigenvalue weighted by Crippen LogP contribution is 2.45. The Balaban J connectivity index is 5.25. The van der Waals surface area contributed by atoms with Crippen molar-refractivity contribution in [2.75, 3.05) is 39.6 Å². The van der Waals surface area contributed by atoms with Crippen molar-refractivity contribution in [2.45, 2.75) is 438 Å². The molecule has 0 aromatic heterocycles. The lowest BCUT2D eigenvalue weighted by molar-refractivity contribution is -0.161. The fourth-order valence-electron chi connectivity index (χ4n) is 12.2. The normalized spacial score (nSPS) is 13.9. The molecule has 17 nitrogen and oxygen atoms in total. The monoisotopic (exact) mass is 1440 g/mol. The van der Waals surface area contributed by atoms with Gasteiger partial charge in [0.1, 0.15) is 19.3 Å². The van der Waals surface area contributed by atoms with Crippen molar-refractivity contribution < 1.29 is 80.2 Å². The number of esters is 4. The van der Waals surface area contributed by atoms with Gasteiger partial charge in [-0.2, -0.15) is 0 Å². The van der Waals surface area contributed by atoms with E-state index in [1.807, 2.05) is 0 Å². The average Bonchev–Trinajstić information content (AvgIpc) is 1.14. The number of phosphoric acid groups is 2. The fraction of sp³-hybridized carbons (Fsp3) is 0.949. The third-order valence-corrected chi connectivity index (χ3v) is 20.4. The van der Waals surface area contributed by atoms with Crippen LogP contribution in [0.2, 0.25) is 0 Å². The number of phosphoric ester groups is 2. The number of unbranched alkanes of at least 4 members (excludes halogenated alkanes) is 51. The number of rotatable bonds is 79. The van der Waals surface area contributed by atoms with Gasteiger partial charge in [0.2, 0.25) is 0 Å². The standard InChI is InChI=1S/C79H154O17P2/c1-6-9-12-15-18-21-24-27-30-33-35-38-41-47-52-57-62-76(81)89-68-74(95-78(83)65-60-55-50-43-40-37-34-31-28-25-22-19-16-13-10-7-2)70-93-97(85,86)91-66-73(80)67-92-98(87,88)94-71-75(69-90-77(82)63-58-53-48-45-44-46-51-56-61-72(4)5)96-79(84)64-59-54-49-42-39-36-32-29-26-23-20-17-14-11-8-3/h72-75,80H,6-71H2,1-5H3,(H,85,86)(H,87,88)/t73-,74-,75-/m1/s1. The highest BCUT2D eigenvalue weighted by atomic mass is 31.2. The van der Waals surface area contributed by atoms with E-state index in [-0.39, 0.29) is 25.7 Å². The van der Waals surface area contributed by atoms with Crippen molar-refractivity contribution >= 4 is 39.5 Å². The van der Waals surface area contributed by atoms with E-state index in [1.165, 1.54) is 244 Å². The molecular weight excluding hydrogens is 1280 g/mol. The molecule has 3 N–H and O–H groups in total. The van der Waals surface area contributed by atoms with Crippen molar-refractivity contribution in [3.63, 3.8) is 0 Å². The molecule has 0 amide bonds. The average molecular weight is 1440 g/mol. The Morgan fingerprint density at radius 2 is 0.469 bits per heavy atom. The molecule has 0 fully saturated rings. The summed E-state index contributed by atoms with van der Waals surface area (Å²) in [5.74, 6) is -1.38. The zero-order valence-electron chi connectivity index (χ0n) is 63.9. The second-order valence-electron chi connectivity index (χ2n) is 28.9. The van der Waals surface area contributed by atoms with Gasteiger partial charge in [0.25, 0.3) is 0 Å². The maximum Gasteiger partial charge on any atom is 0.472 e. The van der Waals surface area contributed by atoms with E-state index in [0.29, 0.717) is 25.7 Å². The Morgan fingerprint density at radius 1 is 0.276 bits per heavy atom. The van der Waals surface area contributed by atoms with Crippen molar-refractivity contribution in [3.05, 3.63) is 0 Å². The summed E-state index contributed by atoms with van der Waals surface area (Å²) in [6.07, 6.45) is 62.3. The molecule has 0 saturated carbocycles. The number of hydrogen-bond acceptors (Lipinski definition) is 15. The lowest BCUT2D eigenvalue weighted by atomic mass is 10.0. The van der Waals surface area contributed by atoms with E-state index in [0.717, 1.165) is 95.8 Å². The van der Waals surface area contributed by atoms with Crippen LogP contribution in [0.15, 0.2) is 0 Å². The number of aliphatic hydroxyl groups excluding tert-OH is 1. The molecule has 0 aliphatic heterocycles. The molecule has 582 valence electrons. The molecule has 2 unspecified atom stereocenters. The van der Waals surface area contributed by atoms with Gasteiger partial charge >= 0.3 is 39.5 Å². The zero-order valence-corrected chi connectivity index (χ0v) is 65.7. The predicted molar refractivity (Wildman–Crippen MR) is 400 cm³/mol. The maximum atomic E-state index is 13.1. The lowest BCUT2D eigenvalue weighted by Gasteiger charge is -2.21. The Kier molecular flexibility index (Phi) is 70.6. The van der Waals surface area contributed by atoms with E-state index in [4.69, 9.17) is 37.0 Å². The molecular formula is C79H154O17P2. The molecule has 0 aliphatic rings. The van der Waals surface area contributed by atoms with Gasteiger partial charge in [-0.3, -0.25) is 37.3 Å². The molecule has 0 aromatic rings. The minimum atomic E-state index is -4.96. The van der Waals surface area contributed by atoms with Crippen molar-refractivity contribution in [1.29, 1.82) is 0 Å². The number of carbonyl (C=O) groups is 4. The summed E-state index contributed by atoms with van der Waals surface area (Å²) in [6, 6.07) is 0. The number of carbonyl (C=O) groups excluding carboxylic acids is 4. The Labute approximate surface area is 600 Å². The summed E-state index contributed by atoms with van der Waals surface area (Å²) in [5.41, 5.74) is 0. The third kappa shape index (κ3) is 72.4. The first-order valence-corrected chi connectivity index (χ1v) is 44.1. The van der Waals surface area contributed by atoms with Crippen LogP contribution < -0.4 is 0 Å². The summed E-state index contributed by atoms with van der Waals surface area (Å²) in [6.45, 7) is 7.29. The van der Waals surface area contributed by atoms with Gasteiger partial charge in [-0.1, -0.05) is 369 Å². The van der Waals surface area contributed by atoms with Crippen LogP contribution in [0.5, 0.6) is 0 Å². The molecule has 0 bridgehead atoms. The largest absolute Gasteiger partial charge is 0.472 e. The highest BCUT2D eigenvalue weighted by molar-refractivity contribution is 7.47. The molecule has 0 rings (SSSR count). The zero-order chi connectivity index (χ0) is 71.9. The third-order valence-electron chi connectivity index (χ3n) is 18.5. The molecule has 0 aliphatic carbocycles. The molecule has 0 spiro atoms. The Hall–Kier alpha value is -1.94. The summed E-state index contributed by atoms with van der Waals surface area (Å²) in [5, 5.41) is 10.6. The van der Waals surface area contributed by atoms with Gasteiger partial charge in [0.15, 0.2) is 12.2 Å². The quantitative estimate of drug-likeness (QED) is 0.0222. The van der Waals surface area contributed by atoms with Crippen LogP contribution in [0.3, 0.4) is 0 Å². The minimum absolute atomic E-state index is 0.108. The molecule has 0 saturated heterocycles. The first-order chi connectivity index (χ1) is 47.5. The van der Waals surface area contributed by atoms with Crippen LogP contribution in [0.4, 0.5) is 0 Å². The summed E-state index contributed by atoms with van der Waals surface area (Å²) < 4.78 is 68.7. The van der Waals surface area contributed by atoms with Crippen LogP contribution in [-0.2, 0) is 65.4 Å². The van der Waals surface area contributed by atoms with Crippen molar-refractivity contribution in [3.8, 4) is 0 Å². The fourth-order valence-corrected chi connectivity index (χ4v) is 13.8. The number of hydrogen-bond donors (Lipinski definition) is 3. The molecule has 5 atom stereocenters. The summed E-state index contributed by atoms with van der Waals surface area (Å²) in [4.78, 5) is 73.0. The first kappa shape index (κ1) is 96.1. The van der Waals surface area contributed by atoms with Crippen LogP contribution in [0.1, 0.15) is 420 Å². The van der Waals surface area contributed by atoms with Crippen LogP contribution >= 0.6 is 15.6 Å². The van der Waals surface area contributed by atoms with Crippen molar-refractivity contribution in [2.24, 2.45) is 5.92 Å². The van der Waals surface area contributed by atoms with Gasteiger partial charge < -0.3 is 33.8 Å². The minimum Gasteiger partial charge on any atom is -0.462 e. The van der Waals surface area contributed by atoms with Gasteiger partial charge in [-0.15, -0.1) is 0 Å². The van der Waals surface area contributed by atoms with Gasteiger partial charge in [0.05, 0.1) is 26.4 Å². The number of ether oxygens (including phenoxy) is 4. The smallest absolute Gasteiger partial charge is 0.462 e. The number of aliphatic hydroxyl groups is 1. The van der Waals surface area contributed by atoms with Gasteiger partial charge in [-0.05, 0) is 31.6 Å². The van der Waals surface area contributed by atoms with Crippen LogP contribution in [0.25, 0.3) is 0 Å². The van der Waals surface area contributed by atoms with E-state index in [2.05, 4.69) is 34.6 Å². The topological polar surface area (TPSA) is 237 Å². The first-order valence-electron chi connectivity index (χ1n) is 41.1. The Morgan fingerprint density at radius 3 is 0.694 bits per heavy atom. The van der Waals surface area contributed by atoms with E-state index < -0.39 is 97.5 Å². The summed E-state index contributed by atoms with van der Waals surface area (Å²) >= 11 is 0. The van der Waals surface area contributed by atoms with Gasteiger partial charge in [-0.25, -0.2) is 9.13 Å². The second-order valence-corrected chi connectivity index (χ2v) is 31.8. The Bertz CT molecular complexity index is 1870. The van der Waals surface area contributed by atoms with E-state index in [1.54, 1.807) is 0 Å². The predicted octanol–water partition coefficient (Wildman–Crippen LogP) is 23.6. The second kappa shape index (κ2) is 72.0. The van der Waals surface area contributed by atoms with E-state index >= 15 is 0 Å². The van der Waals surface area contributed by atoms with Crippen molar-refractivity contribution in [1.82, 2.24) is 0 Å². The highest BCUT2D eigenvalue weighted by Gasteiger charge is 2.30. The molecule has 98 heavy (non-hydrogen) atoms. The van der Waals surface area contributed by atoms with Crippen LogP contribution in [0, 0.1) is 5.92 Å². The lowest BCUT2D eigenvalue weighted by Crippen LogP contribution is -2.30. The van der Waals surface area contributed by atoms with Crippen LogP contribution in [-0.4, -0.2) is 96.7 Å². The summed E-state index contributed by atoms with van der Waals surface area (Å²) in [7, 11) is -9.92. The SMILES string of the molecule is CCCCCCCCCCCCCCCCCCC(=O)OC[C@H](COP(=O)(O)OC[C@@H](O)COP(=O)(O)OC[C@@H](COC(=O)CCCCCCCCCCC(C)C)OC(=O)CCCCCCCCCCCCCCCCC)OC(=O)CCCCCCCCCCCCCCCCCC. The van der Waals surface area contributed by atoms with Gasteiger partial charge in [0, 0.05) is 25.7 Å². The maximum absolute atomic E-state index is 13.1. The molecule has 0 heterocycles. The molecule has 19 heteroatoms. The molecule has 0 radical (unpaired) electrons. The van der Waals surface area contributed by atoms with E-state index in [9.17, 15) is 43.2 Å².